The Morgan fingerprint density at radius 2 is 2.15 bits per heavy atom. The van der Waals surface area contributed by atoms with Gasteiger partial charge in [0.25, 0.3) is 5.91 Å². The molecule has 0 bridgehead atoms. The molecule has 0 spiro atoms. The molecule has 0 saturated heterocycles. The number of amides is 1. The smallest absolute Gasteiger partial charge is 0.327 e. The van der Waals surface area contributed by atoms with E-state index >= 15 is 0 Å². The van der Waals surface area contributed by atoms with Gasteiger partial charge in [0, 0.05) is 30.3 Å². The second kappa shape index (κ2) is 12.6. The van der Waals surface area contributed by atoms with Gasteiger partial charge in [0.2, 0.25) is 11.5 Å². The average Bonchev–Trinajstić information content (AvgIpc) is 3.34. The van der Waals surface area contributed by atoms with Gasteiger partial charge in [-0.05, 0) is 38.1 Å². The number of pyridine rings is 1. The van der Waals surface area contributed by atoms with Gasteiger partial charge < -0.3 is 14.6 Å². The molecule has 4 rings (SSSR count). The van der Waals surface area contributed by atoms with E-state index in [4.69, 9.17) is 27.9 Å². The Morgan fingerprint density at radius 3 is 2.80 bits per heavy atom. The van der Waals surface area contributed by atoms with Crippen molar-refractivity contribution >= 4 is 40.8 Å². The maximum atomic E-state index is 13.5. The van der Waals surface area contributed by atoms with Gasteiger partial charge in [-0.1, -0.05) is 47.5 Å². The first-order chi connectivity index (χ1) is 19.5. The number of guanidine groups is 1. The Morgan fingerprint density at radius 1 is 1.37 bits per heavy atom. The van der Waals surface area contributed by atoms with Crippen molar-refractivity contribution in [3.05, 3.63) is 92.0 Å². The van der Waals surface area contributed by atoms with Crippen molar-refractivity contribution in [2.45, 2.75) is 38.5 Å². The Kier molecular flexibility index (Phi) is 9.22. The van der Waals surface area contributed by atoms with Crippen LogP contribution in [0.4, 0.5) is 8.78 Å². The maximum Gasteiger partial charge on any atom is 0.346 e. The number of likely N-dealkylation sites (N-methyl/N-ethyl adjacent to an activating group) is 1. The highest BCUT2D eigenvalue weighted by Crippen LogP contribution is 2.30. The summed E-state index contributed by atoms with van der Waals surface area (Å²) in [5, 5.41) is 18.7. The molecule has 1 amide bonds. The monoisotopic (exact) mass is 603 g/mol. The number of nitrogens with zero attached hydrogens (tertiary/aromatic N) is 5. The number of nitrogens with one attached hydrogen (secondary N) is 2. The van der Waals surface area contributed by atoms with Gasteiger partial charge in [-0.25, -0.2) is 10.0 Å². The van der Waals surface area contributed by atoms with Crippen LogP contribution in [0.2, 0.25) is 10.0 Å². The van der Waals surface area contributed by atoms with Gasteiger partial charge in [-0.2, -0.15) is 19.1 Å². The SMILES string of the molecule is CCN(C(=O)c1cccc(=O)[nH]1)C1CN(C(=NC2=CC=CC(C)(OC(F)F)C2)NC#N)N=C1c1ccc(Cl)c(Cl)c1. The number of hydrogen-bond acceptors (Lipinski definition) is 6. The number of hydrazone groups is 1. The highest BCUT2D eigenvalue weighted by Gasteiger charge is 2.37. The van der Waals surface area contributed by atoms with Gasteiger partial charge in [-0.3, -0.25) is 14.9 Å². The highest BCUT2D eigenvalue weighted by atomic mass is 35.5. The number of carbonyl (C=O) groups excluding carboxylic acids is 1. The summed E-state index contributed by atoms with van der Waals surface area (Å²) in [5.74, 6) is -0.443. The number of aromatic amines is 1. The van der Waals surface area contributed by atoms with Crippen LogP contribution in [-0.2, 0) is 4.74 Å². The molecule has 1 aromatic heterocycles. The number of benzene rings is 1. The van der Waals surface area contributed by atoms with Crippen LogP contribution < -0.4 is 10.9 Å². The van der Waals surface area contributed by atoms with Crippen molar-refractivity contribution in [1.82, 2.24) is 20.2 Å². The van der Waals surface area contributed by atoms with E-state index in [1.807, 2.05) is 6.19 Å². The lowest BCUT2D eigenvalue weighted by atomic mass is 9.95. The molecule has 0 saturated carbocycles. The van der Waals surface area contributed by atoms with Crippen LogP contribution in [0.3, 0.4) is 0 Å². The Hall–Kier alpha value is -4.05. The third kappa shape index (κ3) is 7.00. The molecule has 0 fully saturated rings. The average molecular weight is 604 g/mol. The normalized spacial score (nSPS) is 20.5. The number of rotatable bonds is 7. The lowest BCUT2D eigenvalue weighted by Gasteiger charge is -2.29. The summed E-state index contributed by atoms with van der Waals surface area (Å²) in [5.41, 5.74) is -0.300. The Labute approximate surface area is 244 Å². The summed E-state index contributed by atoms with van der Waals surface area (Å²) in [4.78, 5) is 34.0. The van der Waals surface area contributed by atoms with E-state index < -0.39 is 29.7 Å². The number of allylic oxidation sites excluding steroid dienone is 2. The van der Waals surface area contributed by atoms with Gasteiger partial charge in [0.15, 0.2) is 6.19 Å². The molecule has 14 heteroatoms. The van der Waals surface area contributed by atoms with E-state index in [1.165, 1.54) is 41.1 Å². The number of H-pyrrole nitrogens is 1. The molecule has 2 unspecified atom stereocenters. The number of aliphatic imine (C=N–C) groups is 1. The molecule has 2 aliphatic rings. The predicted octanol–water partition coefficient (Wildman–Crippen LogP) is 4.50. The Bertz CT molecular complexity index is 1550. The zero-order valence-corrected chi connectivity index (χ0v) is 23.5. The lowest BCUT2D eigenvalue weighted by molar-refractivity contribution is -0.185. The fraction of sp³-hybridized carbons (Fsp3) is 0.296. The van der Waals surface area contributed by atoms with Crippen molar-refractivity contribution in [3.8, 4) is 6.19 Å². The molecular weight excluding hydrogens is 579 g/mol. The summed E-state index contributed by atoms with van der Waals surface area (Å²) in [7, 11) is 0. The number of nitriles is 1. The largest absolute Gasteiger partial charge is 0.346 e. The number of hydrogen-bond donors (Lipinski definition) is 2. The van der Waals surface area contributed by atoms with Crippen LogP contribution in [0.25, 0.3) is 0 Å². The first kappa shape index (κ1) is 29.9. The zero-order chi connectivity index (χ0) is 29.7. The van der Waals surface area contributed by atoms with Gasteiger partial charge in [0.1, 0.15) is 5.69 Å². The van der Waals surface area contributed by atoms with E-state index in [0.29, 0.717) is 22.0 Å². The standard InChI is InChI=1S/C27H25Cl2F2N7O3/c1-3-37(24(40)20-7-4-8-22(39)35-20)21-14-38(36-23(21)16-9-10-18(28)19(29)12-16)26(33-15-32)34-17-6-5-11-27(2,13-17)41-25(30)31/h4-12,21,25H,3,13-14H2,1-2H3,(H,33,34)(H,35,39). The fourth-order valence-corrected chi connectivity index (χ4v) is 4.84. The molecule has 0 radical (unpaired) electrons. The minimum Gasteiger partial charge on any atom is -0.327 e. The third-order valence-electron chi connectivity index (χ3n) is 6.37. The topological polar surface area (TPSA) is 126 Å². The summed E-state index contributed by atoms with van der Waals surface area (Å²) < 4.78 is 30.7. The predicted molar refractivity (Wildman–Crippen MR) is 151 cm³/mol. The van der Waals surface area contributed by atoms with E-state index in [2.05, 4.69) is 20.4 Å². The number of halogens is 4. The lowest BCUT2D eigenvalue weighted by Crippen LogP contribution is -2.48. The number of carbonyl (C=O) groups is 1. The minimum absolute atomic E-state index is 0.00475. The number of alkyl halides is 2. The van der Waals surface area contributed by atoms with Crippen LogP contribution >= 0.6 is 23.2 Å². The third-order valence-corrected chi connectivity index (χ3v) is 7.11. The maximum absolute atomic E-state index is 13.5. The molecular formula is C27H25Cl2F2N7O3. The van der Waals surface area contributed by atoms with Crippen LogP contribution in [0.15, 0.2) is 75.2 Å². The van der Waals surface area contributed by atoms with E-state index in [0.717, 1.165) is 0 Å². The zero-order valence-electron chi connectivity index (χ0n) is 21.9. The molecule has 1 aliphatic heterocycles. The fourth-order valence-electron chi connectivity index (χ4n) is 4.54. The minimum atomic E-state index is -2.99. The molecule has 2 heterocycles. The van der Waals surface area contributed by atoms with Crippen molar-refractivity contribution < 1.29 is 18.3 Å². The van der Waals surface area contributed by atoms with E-state index in [9.17, 15) is 23.6 Å². The van der Waals surface area contributed by atoms with E-state index in [-0.39, 0.29) is 36.2 Å². The number of ether oxygens (including phenoxy) is 1. The molecule has 214 valence electrons. The van der Waals surface area contributed by atoms with Gasteiger partial charge >= 0.3 is 6.61 Å². The summed E-state index contributed by atoms with van der Waals surface area (Å²) in [6.07, 6.45) is 6.49. The molecule has 2 atom stereocenters. The summed E-state index contributed by atoms with van der Waals surface area (Å²) in [6.45, 7) is 0.597. The van der Waals surface area contributed by atoms with Gasteiger partial charge in [0.05, 0.1) is 33.9 Å². The van der Waals surface area contributed by atoms with Crippen molar-refractivity contribution in [3.63, 3.8) is 0 Å². The first-order valence-corrected chi connectivity index (χ1v) is 13.2. The van der Waals surface area contributed by atoms with Crippen molar-refractivity contribution in [2.24, 2.45) is 10.1 Å². The highest BCUT2D eigenvalue weighted by molar-refractivity contribution is 6.42. The Balaban J connectivity index is 1.74. The van der Waals surface area contributed by atoms with Crippen LogP contribution in [-0.4, -0.2) is 63.8 Å². The molecule has 2 aromatic rings. The van der Waals surface area contributed by atoms with Crippen LogP contribution in [0.1, 0.15) is 36.3 Å². The molecule has 10 nitrogen and oxygen atoms in total. The first-order valence-electron chi connectivity index (χ1n) is 12.4. The number of aromatic nitrogens is 1. The van der Waals surface area contributed by atoms with Crippen molar-refractivity contribution in [2.75, 3.05) is 13.1 Å². The van der Waals surface area contributed by atoms with Crippen molar-refractivity contribution in [1.29, 1.82) is 5.26 Å². The van der Waals surface area contributed by atoms with Crippen LogP contribution in [0, 0.1) is 11.5 Å². The molecule has 2 N–H and O–H groups in total. The quantitative estimate of drug-likeness (QED) is 0.208. The molecule has 1 aromatic carbocycles. The summed E-state index contributed by atoms with van der Waals surface area (Å²) >= 11 is 12.4. The second-order valence-electron chi connectivity index (χ2n) is 9.29. The summed E-state index contributed by atoms with van der Waals surface area (Å²) in [6, 6.07) is 8.51. The van der Waals surface area contributed by atoms with Crippen LogP contribution in [0.5, 0.6) is 0 Å². The van der Waals surface area contributed by atoms with Gasteiger partial charge in [-0.15, -0.1) is 0 Å². The molecule has 1 aliphatic carbocycles. The second-order valence-corrected chi connectivity index (χ2v) is 10.1. The molecule has 41 heavy (non-hydrogen) atoms. The van der Waals surface area contributed by atoms with E-state index in [1.54, 1.807) is 37.3 Å².